The molecule has 3 heterocycles. The largest absolute Gasteiger partial charge is 0.417 e. The fourth-order valence-electron chi connectivity index (χ4n) is 4.76. The van der Waals surface area contributed by atoms with Gasteiger partial charge in [-0.05, 0) is 59.4 Å². The molecule has 2 N–H and O–H groups in total. The van der Waals surface area contributed by atoms with Crippen molar-refractivity contribution in [3.8, 4) is 10.4 Å². The van der Waals surface area contributed by atoms with E-state index in [2.05, 4.69) is 20.6 Å². The minimum absolute atomic E-state index is 0.0118. The van der Waals surface area contributed by atoms with Crippen molar-refractivity contribution in [2.24, 2.45) is 0 Å². The average molecular weight is 524 g/mol. The van der Waals surface area contributed by atoms with Gasteiger partial charge in [0.2, 0.25) is 0 Å². The first kappa shape index (κ1) is 26.4. The Hall–Kier alpha value is -2.69. The van der Waals surface area contributed by atoms with Gasteiger partial charge in [0.1, 0.15) is 11.5 Å². The molecule has 36 heavy (non-hydrogen) atoms. The number of alkyl halides is 3. The van der Waals surface area contributed by atoms with Crippen molar-refractivity contribution in [3.05, 3.63) is 28.5 Å². The summed E-state index contributed by atoms with van der Waals surface area (Å²) in [6, 6.07) is 0.907. The Bertz CT molecular complexity index is 1140. The van der Waals surface area contributed by atoms with Crippen LogP contribution in [-0.4, -0.2) is 50.8 Å². The summed E-state index contributed by atoms with van der Waals surface area (Å²) in [5.41, 5.74) is -1.82. The maximum atomic E-state index is 14.2. The summed E-state index contributed by atoms with van der Waals surface area (Å²) >= 11 is 0.811. The normalized spacial score (nSPS) is 19.1. The van der Waals surface area contributed by atoms with Crippen molar-refractivity contribution < 1.29 is 22.8 Å². The van der Waals surface area contributed by atoms with Crippen molar-refractivity contribution in [1.82, 2.24) is 20.2 Å². The molecular weight excluding hydrogens is 491 g/mol. The van der Waals surface area contributed by atoms with Crippen LogP contribution in [0.3, 0.4) is 0 Å². The van der Waals surface area contributed by atoms with E-state index in [1.807, 2.05) is 27.7 Å². The third-order valence-corrected chi connectivity index (χ3v) is 7.57. The minimum Gasteiger partial charge on any atom is -0.365 e. The van der Waals surface area contributed by atoms with Gasteiger partial charge in [0.15, 0.2) is 5.01 Å². The second-order valence-electron chi connectivity index (χ2n) is 10.6. The molecule has 2 aliphatic rings. The summed E-state index contributed by atoms with van der Waals surface area (Å²) < 4.78 is 42.7. The van der Waals surface area contributed by atoms with Crippen molar-refractivity contribution in [2.45, 2.75) is 90.0 Å². The number of carbonyl (C=O) groups is 2. The molecule has 1 saturated heterocycles. The lowest BCUT2D eigenvalue weighted by molar-refractivity contribution is -0.137. The van der Waals surface area contributed by atoms with E-state index < -0.39 is 29.1 Å². The van der Waals surface area contributed by atoms with Gasteiger partial charge >= 0.3 is 6.18 Å². The predicted octanol–water partition coefficient (Wildman–Crippen LogP) is 5.73. The molecule has 0 aromatic carbocycles. The summed E-state index contributed by atoms with van der Waals surface area (Å²) in [6.45, 7) is 7.87. The third-order valence-electron chi connectivity index (χ3n) is 6.49. The molecular formula is C25H32F3N5O2S. The number of rotatable bonds is 5. The van der Waals surface area contributed by atoms with Gasteiger partial charge in [-0.1, -0.05) is 12.8 Å². The molecule has 0 spiro atoms. The van der Waals surface area contributed by atoms with Crippen LogP contribution in [0.2, 0.25) is 0 Å². The zero-order valence-electron chi connectivity index (χ0n) is 21.0. The summed E-state index contributed by atoms with van der Waals surface area (Å²) in [5.74, 6) is -0.853. The molecule has 1 aliphatic carbocycles. The van der Waals surface area contributed by atoms with Crippen molar-refractivity contribution in [3.63, 3.8) is 0 Å². The number of pyridine rings is 1. The van der Waals surface area contributed by atoms with Gasteiger partial charge in [-0.3, -0.25) is 9.59 Å². The fourth-order valence-corrected chi connectivity index (χ4v) is 5.74. The topological polar surface area (TPSA) is 87.2 Å². The molecule has 4 rings (SSSR count). The first-order valence-electron chi connectivity index (χ1n) is 12.3. The quantitative estimate of drug-likeness (QED) is 0.523. The van der Waals surface area contributed by atoms with E-state index in [1.54, 1.807) is 4.90 Å². The van der Waals surface area contributed by atoms with Gasteiger partial charge in [-0.25, -0.2) is 9.97 Å². The third kappa shape index (κ3) is 5.82. The molecule has 1 saturated carbocycles. The molecule has 0 radical (unpaired) electrons. The van der Waals surface area contributed by atoms with Gasteiger partial charge in [-0.15, -0.1) is 11.3 Å². The Kier molecular flexibility index (Phi) is 7.32. The Morgan fingerprint density at radius 2 is 1.81 bits per heavy atom. The SMILES string of the molecule is CC1CCCN1C(=O)c1nc(C(=O)NC2CCCC2)sc1-c1cnc(NC(C)(C)C)cc1C(F)(F)F. The molecule has 2 aromatic heterocycles. The van der Waals surface area contributed by atoms with E-state index >= 15 is 0 Å². The van der Waals surface area contributed by atoms with Gasteiger partial charge in [-0.2, -0.15) is 13.2 Å². The smallest absolute Gasteiger partial charge is 0.365 e. The highest BCUT2D eigenvalue weighted by atomic mass is 32.1. The van der Waals surface area contributed by atoms with Crippen molar-refractivity contribution in [1.29, 1.82) is 0 Å². The molecule has 7 nitrogen and oxygen atoms in total. The van der Waals surface area contributed by atoms with Gasteiger partial charge in [0, 0.05) is 35.9 Å². The highest BCUT2D eigenvalue weighted by Crippen LogP contribution is 2.42. The average Bonchev–Trinajstić information content (AvgIpc) is 3.52. The molecule has 1 atom stereocenters. The van der Waals surface area contributed by atoms with Crippen LogP contribution in [0.4, 0.5) is 19.0 Å². The first-order chi connectivity index (χ1) is 16.8. The monoisotopic (exact) mass is 523 g/mol. The fraction of sp³-hybridized carbons (Fsp3) is 0.600. The lowest BCUT2D eigenvalue weighted by Crippen LogP contribution is -2.35. The number of amides is 2. The number of thiazole rings is 1. The zero-order chi connectivity index (χ0) is 26.3. The summed E-state index contributed by atoms with van der Waals surface area (Å²) in [7, 11) is 0. The van der Waals surface area contributed by atoms with Crippen LogP contribution in [0.25, 0.3) is 10.4 Å². The van der Waals surface area contributed by atoms with Crippen molar-refractivity contribution in [2.75, 3.05) is 11.9 Å². The second-order valence-corrected chi connectivity index (χ2v) is 11.6. The number of hydrogen-bond donors (Lipinski definition) is 2. The van der Waals surface area contributed by atoms with E-state index in [-0.39, 0.29) is 39.0 Å². The van der Waals surface area contributed by atoms with Crippen LogP contribution in [0.15, 0.2) is 12.3 Å². The summed E-state index contributed by atoms with van der Waals surface area (Å²) in [4.78, 5) is 36.6. The highest BCUT2D eigenvalue weighted by molar-refractivity contribution is 7.17. The van der Waals surface area contributed by atoms with Crippen LogP contribution < -0.4 is 10.6 Å². The Balaban J connectivity index is 1.80. The lowest BCUT2D eigenvalue weighted by atomic mass is 10.1. The van der Waals surface area contributed by atoms with Gasteiger partial charge < -0.3 is 15.5 Å². The van der Waals surface area contributed by atoms with Gasteiger partial charge in [0.05, 0.1) is 10.4 Å². The minimum atomic E-state index is -4.70. The predicted molar refractivity (Wildman–Crippen MR) is 133 cm³/mol. The van der Waals surface area contributed by atoms with Crippen LogP contribution in [-0.2, 0) is 6.18 Å². The molecule has 196 valence electrons. The van der Waals surface area contributed by atoms with Crippen LogP contribution in [0, 0.1) is 0 Å². The molecule has 2 aromatic rings. The molecule has 1 aliphatic heterocycles. The number of likely N-dealkylation sites (tertiary alicyclic amines) is 1. The number of halogens is 3. The number of nitrogens with zero attached hydrogens (tertiary/aromatic N) is 3. The van der Waals surface area contributed by atoms with E-state index in [1.165, 1.54) is 0 Å². The van der Waals surface area contributed by atoms with E-state index in [0.717, 1.165) is 62.1 Å². The van der Waals surface area contributed by atoms with Crippen molar-refractivity contribution >= 4 is 29.0 Å². The molecule has 1 unspecified atom stereocenters. The number of carbonyl (C=O) groups excluding carboxylic acids is 2. The maximum absolute atomic E-state index is 14.2. The molecule has 2 amide bonds. The maximum Gasteiger partial charge on any atom is 0.417 e. The number of aromatic nitrogens is 2. The van der Waals surface area contributed by atoms with Crippen LogP contribution in [0.5, 0.6) is 0 Å². The standard InChI is InChI=1S/C25H32F3N5O2S/c1-14-8-7-11-33(14)23(35)19-20(36-22(31-19)21(34)30-15-9-5-6-10-15)16-13-29-18(32-24(2,3)4)12-17(16)25(26,27)28/h12-15H,5-11H2,1-4H3,(H,29,32)(H,30,34). The van der Waals surface area contributed by atoms with E-state index in [9.17, 15) is 22.8 Å². The summed E-state index contributed by atoms with van der Waals surface area (Å²) in [6.07, 6.45) is 1.77. The highest BCUT2D eigenvalue weighted by Gasteiger charge is 2.38. The van der Waals surface area contributed by atoms with Crippen LogP contribution in [0.1, 0.15) is 92.1 Å². The van der Waals surface area contributed by atoms with Crippen LogP contribution >= 0.6 is 11.3 Å². The number of nitrogens with one attached hydrogen (secondary N) is 2. The lowest BCUT2D eigenvalue weighted by Gasteiger charge is -2.23. The number of anilines is 1. The Labute approximate surface area is 212 Å². The Morgan fingerprint density at radius 3 is 2.39 bits per heavy atom. The Morgan fingerprint density at radius 1 is 1.11 bits per heavy atom. The second kappa shape index (κ2) is 9.99. The molecule has 11 heteroatoms. The van der Waals surface area contributed by atoms with E-state index in [4.69, 9.17) is 0 Å². The molecule has 2 fully saturated rings. The first-order valence-corrected chi connectivity index (χ1v) is 13.1. The van der Waals surface area contributed by atoms with Gasteiger partial charge in [0.25, 0.3) is 11.8 Å². The zero-order valence-corrected chi connectivity index (χ0v) is 21.8. The molecule has 0 bridgehead atoms. The number of hydrogen-bond acceptors (Lipinski definition) is 6. The summed E-state index contributed by atoms with van der Waals surface area (Å²) in [5, 5.41) is 5.87. The van der Waals surface area contributed by atoms with E-state index in [0.29, 0.717) is 6.54 Å².